The molecule has 120 valence electrons. The first-order chi connectivity index (χ1) is 9.02. The first kappa shape index (κ1) is 19.3. The van der Waals surface area contributed by atoms with Gasteiger partial charge in [-0.15, -0.1) is 0 Å². The van der Waals surface area contributed by atoms with Crippen molar-refractivity contribution < 1.29 is 22.7 Å². The first-order valence-electron chi connectivity index (χ1n) is 6.39. The SMILES string of the molecule is CC(C)O[C@H](COC(=O)CN(C)C)CN(C)S(C)(=O)=O. The molecule has 0 saturated heterocycles. The molecule has 0 aliphatic rings. The zero-order valence-electron chi connectivity index (χ0n) is 13.1. The Balaban J connectivity index is 4.46. The van der Waals surface area contributed by atoms with Crippen molar-refractivity contribution in [3.63, 3.8) is 0 Å². The molecule has 1 atom stereocenters. The third kappa shape index (κ3) is 9.24. The van der Waals surface area contributed by atoms with Crippen molar-refractivity contribution in [2.24, 2.45) is 0 Å². The monoisotopic (exact) mass is 310 g/mol. The van der Waals surface area contributed by atoms with E-state index >= 15 is 0 Å². The van der Waals surface area contributed by atoms with Gasteiger partial charge in [0.2, 0.25) is 10.0 Å². The average molecular weight is 310 g/mol. The van der Waals surface area contributed by atoms with E-state index in [1.165, 1.54) is 11.4 Å². The Morgan fingerprint density at radius 3 is 2.15 bits per heavy atom. The summed E-state index contributed by atoms with van der Waals surface area (Å²) < 4.78 is 34.6. The number of rotatable bonds is 9. The third-order valence-electron chi connectivity index (χ3n) is 2.37. The largest absolute Gasteiger partial charge is 0.462 e. The highest BCUT2D eigenvalue weighted by molar-refractivity contribution is 7.88. The molecule has 8 heteroatoms. The van der Waals surface area contributed by atoms with Crippen LogP contribution in [0, 0.1) is 0 Å². The second-order valence-electron chi connectivity index (χ2n) is 5.27. The molecule has 0 N–H and O–H groups in total. The highest BCUT2D eigenvalue weighted by atomic mass is 32.2. The number of esters is 1. The fourth-order valence-corrected chi connectivity index (χ4v) is 1.87. The standard InChI is InChI=1S/C12H26N2O5S/c1-10(2)19-11(7-14(5)20(6,16)17)9-18-12(15)8-13(3)4/h10-11H,7-9H2,1-6H3/t11-/m0/s1. The maximum absolute atomic E-state index is 11.5. The number of nitrogens with zero attached hydrogens (tertiary/aromatic N) is 2. The summed E-state index contributed by atoms with van der Waals surface area (Å²) in [4.78, 5) is 13.2. The van der Waals surface area contributed by atoms with Crippen LogP contribution in [0.3, 0.4) is 0 Å². The number of hydrogen-bond donors (Lipinski definition) is 0. The smallest absolute Gasteiger partial charge is 0.320 e. The van der Waals surface area contributed by atoms with E-state index < -0.39 is 16.1 Å². The van der Waals surface area contributed by atoms with Gasteiger partial charge < -0.3 is 9.47 Å². The molecule has 0 heterocycles. The first-order valence-corrected chi connectivity index (χ1v) is 8.24. The van der Waals surface area contributed by atoms with Gasteiger partial charge in [-0.25, -0.2) is 12.7 Å². The molecule has 0 saturated carbocycles. The van der Waals surface area contributed by atoms with Gasteiger partial charge in [-0.05, 0) is 27.9 Å². The van der Waals surface area contributed by atoms with Crippen molar-refractivity contribution >= 4 is 16.0 Å². The van der Waals surface area contributed by atoms with E-state index in [4.69, 9.17) is 9.47 Å². The summed E-state index contributed by atoms with van der Waals surface area (Å²) in [5, 5.41) is 0. The molecule has 20 heavy (non-hydrogen) atoms. The summed E-state index contributed by atoms with van der Waals surface area (Å²) in [5.41, 5.74) is 0. The van der Waals surface area contributed by atoms with Gasteiger partial charge in [-0.2, -0.15) is 0 Å². The molecule has 0 aromatic carbocycles. The lowest BCUT2D eigenvalue weighted by molar-refractivity contribution is -0.150. The van der Waals surface area contributed by atoms with Gasteiger partial charge in [0.25, 0.3) is 0 Å². The molecule has 0 fully saturated rings. The lowest BCUT2D eigenvalue weighted by Crippen LogP contribution is -2.39. The zero-order valence-corrected chi connectivity index (χ0v) is 13.9. The summed E-state index contributed by atoms with van der Waals surface area (Å²) in [6.45, 7) is 4.04. The van der Waals surface area contributed by atoms with Gasteiger partial charge in [-0.3, -0.25) is 9.69 Å². The molecule has 0 unspecified atom stereocenters. The molecule has 0 aliphatic carbocycles. The fourth-order valence-electron chi connectivity index (χ4n) is 1.43. The number of carbonyl (C=O) groups excluding carboxylic acids is 1. The Bertz CT molecular complexity index is 395. The molecule has 0 bridgehead atoms. The summed E-state index contributed by atoms with van der Waals surface area (Å²) in [5.74, 6) is -0.366. The van der Waals surface area contributed by atoms with Crippen LogP contribution >= 0.6 is 0 Å². The van der Waals surface area contributed by atoms with Crippen LogP contribution < -0.4 is 0 Å². The van der Waals surface area contributed by atoms with E-state index in [1.54, 1.807) is 19.0 Å². The average Bonchev–Trinajstić information content (AvgIpc) is 2.22. The second-order valence-corrected chi connectivity index (χ2v) is 7.36. The van der Waals surface area contributed by atoms with Crippen molar-refractivity contribution in [1.29, 1.82) is 0 Å². The summed E-state index contributed by atoms with van der Waals surface area (Å²) in [6, 6.07) is 0. The topological polar surface area (TPSA) is 76.2 Å². The van der Waals surface area contributed by atoms with Crippen LogP contribution in [0.15, 0.2) is 0 Å². The number of likely N-dealkylation sites (N-methyl/N-ethyl adjacent to an activating group) is 2. The summed E-state index contributed by atoms with van der Waals surface area (Å²) in [6.07, 6.45) is 0.554. The van der Waals surface area contributed by atoms with Crippen molar-refractivity contribution in [2.75, 3.05) is 47.1 Å². The third-order valence-corrected chi connectivity index (χ3v) is 3.65. The molecular formula is C12H26N2O5S. The summed E-state index contributed by atoms with van der Waals surface area (Å²) in [7, 11) is 1.71. The van der Waals surface area contributed by atoms with Gasteiger partial charge in [0.05, 0.1) is 18.9 Å². The molecule has 7 nitrogen and oxygen atoms in total. The molecular weight excluding hydrogens is 284 g/mol. The maximum atomic E-state index is 11.5. The number of ether oxygens (including phenoxy) is 2. The maximum Gasteiger partial charge on any atom is 0.320 e. The quantitative estimate of drug-likeness (QED) is 0.548. The predicted octanol–water partition coefficient (Wildman–Crippen LogP) is -0.224. The Labute approximate surface area is 121 Å². The van der Waals surface area contributed by atoms with Crippen LogP contribution in [0.5, 0.6) is 0 Å². The van der Waals surface area contributed by atoms with Crippen LogP contribution in [0.1, 0.15) is 13.8 Å². The van der Waals surface area contributed by atoms with Crippen LogP contribution in [0.4, 0.5) is 0 Å². The Hall–Kier alpha value is -0.700. The number of hydrogen-bond acceptors (Lipinski definition) is 6. The van der Waals surface area contributed by atoms with Crippen LogP contribution in [0.25, 0.3) is 0 Å². The van der Waals surface area contributed by atoms with Gasteiger partial charge in [-0.1, -0.05) is 0 Å². The second kappa shape index (κ2) is 8.56. The van der Waals surface area contributed by atoms with E-state index in [1.807, 2.05) is 13.8 Å². The molecule has 0 amide bonds. The molecule has 0 spiro atoms. The summed E-state index contributed by atoms with van der Waals surface area (Å²) >= 11 is 0. The normalized spacial score (nSPS) is 14.1. The van der Waals surface area contributed by atoms with Gasteiger partial charge in [0.15, 0.2) is 0 Å². The van der Waals surface area contributed by atoms with Crippen LogP contribution in [-0.2, 0) is 24.3 Å². The minimum Gasteiger partial charge on any atom is -0.462 e. The highest BCUT2D eigenvalue weighted by Gasteiger charge is 2.21. The van der Waals surface area contributed by atoms with Crippen molar-refractivity contribution in [3.05, 3.63) is 0 Å². The van der Waals surface area contributed by atoms with Crippen molar-refractivity contribution in [1.82, 2.24) is 9.21 Å². The van der Waals surface area contributed by atoms with Gasteiger partial charge in [0, 0.05) is 13.6 Å². The Morgan fingerprint density at radius 2 is 1.75 bits per heavy atom. The Morgan fingerprint density at radius 1 is 1.20 bits per heavy atom. The molecule has 0 aromatic rings. The fraction of sp³-hybridized carbons (Fsp3) is 0.917. The molecule has 0 rings (SSSR count). The van der Waals surface area contributed by atoms with E-state index in [-0.39, 0.29) is 31.8 Å². The lowest BCUT2D eigenvalue weighted by Gasteiger charge is -2.24. The number of carbonyl (C=O) groups is 1. The molecule has 0 aliphatic heterocycles. The zero-order chi connectivity index (χ0) is 15.9. The minimum atomic E-state index is -3.29. The molecule has 0 aromatic heterocycles. The van der Waals surface area contributed by atoms with Crippen molar-refractivity contribution in [2.45, 2.75) is 26.1 Å². The predicted molar refractivity (Wildman–Crippen MR) is 77.0 cm³/mol. The van der Waals surface area contributed by atoms with E-state index in [0.29, 0.717) is 0 Å². The molecule has 0 radical (unpaired) electrons. The number of sulfonamides is 1. The lowest BCUT2D eigenvalue weighted by atomic mass is 10.3. The van der Waals surface area contributed by atoms with Crippen LogP contribution in [-0.4, -0.2) is 82.9 Å². The van der Waals surface area contributed by atoms with E-state index in [2.05, 4.69) is 0 Å². The van der Waals surface area contributed by atoms with Crippen LogP contribution in [0.2, 0.25) is 0 Å². The Kier molecular flexibility index (Phi) is 8.26. The minimum absolute atomic E-state index is 0.0325. The van der Waals surface area contributed by atoms with E-state index in [0.717, 1.165) is 6.26 Å². The van der Waals surface area contributed by atoms with Gasteiger partial charge >= 0.3 is 5.97 Å². The van der Waals surface area contributed by atoms with Crippen molar-refractivity contribution in [3.8, 4) is 0 Å². The van der Waals surface area contributed by atoms with Gasteiger partial charge in [0.1, 0.15) is 12.7 Å². The highest BCUT2D eigenvalue weighted by Crippen LogP contribution is 2.04. The van der Waals surface area contributed by atoms with E-state index in [9.17, 15) is 13.2 Å².